The average molecular weight is 422 g/mol. The molecule has 3 heterocycles. The van der Waals surface area contributed by atoms with Gasteiger partial charge in [-0.1, -0.05) is 23.9 Å². The Labute approximate surface area is 165 Å². The second-order valence-electron chi connectivity index (χ2n) is 5.96. The lowest BCUT2D eigenvalue weighted by Gasteiger charge is -2.15. The molecule has 0 N–H and O–H groups in total. The SMILES string of the molecule is Cc1c(-n2ccn3c(SCc4cccs4)nnc3c2=O)cccc1C(F)(F)F. The third kappa shape index (κ3) is 3.33. The molecular formula is C18H13F3N4OS2. The van der Waals surface area contributed by atoms with Crippen LogP contribution in [-0.4, -0.2) is 19.2 Å². The van der Waals surface area contributed by atoms with Crippen molar-refractivity contribution in [2.24, 2.45) is 0 Å². The summed E-state index contributed by atoms with van der Waals surface area (Å²) in [4.78, 5) is 14.0. The lowest BCUT2D eigenvalue weighted by atomic mass is 10.1. The molecule has 0 atom stereocenters. The van der Waals surface area contributed by atoms with Crippen LogP contribution in [-0.2, 0) is 11.9 Å². The minimum atomic E-state index is -4.49. The van der Waals surface area contributed by atoms with E-state index < -0.39 is 17.3 Å². The maximum atomic E-state index is 13.2. The summed E-state index contributed by atoms with van der Waals surface area (Å²) >= 11 is 3.06. The first kappa shape index (κ1) is 18.8. The topological polar surface area (TPSA) is 52.2 Å². The number of fused-ring (bicyclic) bond motifs is 1. The zero-order valence-electron chi connectivity index (χ0n) is 14.5. The van der Waals surface area contributed by atoms with Crippen LogP contribution in [0.1, 0.15) is 16.0 Å². The van der Waals surface area contributed by atoms with E-state index in [9.17, 15) is 18.0 Å². The molecule has 1 aromatic carbocycles. The number of halogens is 3. The van der Waals surface area contributed by atoms with Gasteiger partial charge in [-0.2, -0.15) is 13.2 Å². The number of thioether (sulfide) groups is 1. The number of nitrogens with zero attached hydrogens (tertiary/aromatic N) is 4. The number of hydrogen-bond acceptors (Lipinski definition) is 5. The molecular weight excluding hydrogens is 409 g/mol. The molecule has 0 radical (unpaired) electrons. The van der Waals surface area contributed by atoms with Crippen LogP contribution >= 0.6 is 23.1 Å². The zero-order valence-corrected chi connectivity index (χ0v) is 16.1. The van der Waals surface area contributed by atoms with Crippen LogP contribution in [0, 0.1) is 6.92 Å². The van der Waals surface area contributed by atoms with Gasteiger partial charge in [-0.15, -0.1) is 21.5 Å². The zero-order chi connectivity index (χ0) is 19.9. The summed E-state index contributed by atoms with van der Waals surface area (Å²) in [5.74, 6) is 0.689. The van der Waals surface area contributed by atoms with Gasteiger partial charge in [0.25, 0.3) is 0 Å². The van der Waals surface area contributed by atoms with Crippen molar-refractivity contribution < 1.29 is 13.2 Å². The molecule has 0 spiro atoms. The lowest BCUT2D eigenvalue weighted by Crippen LogP contribution is -2.22. The molecule has 0 amide bonds. The maximum absolute atomic E-state index is 13.2. The van der Waals surface area contributed by atoms with Gasteiger partial charge in [0.05, 0.1) is 11.3 Å². The summed E-state index contributed by atoms with van der Waals surface area (Å²) in [5.41, 5.74) is -1.09. The van der Waals surface area contributed by atoms with E-state index in [0.717, 1.165) is 10.9 Å². The van der Waals surface area contributed by atoms with E-state index >= 15 is 0 Å². The van der Waals surface area contributed by atoms with Gasteiger partial charge in [-0.05, 0) is 36.1 Å². The number of thiophene rings is 1. The minimum absolute atomic E-state index is 0.0201. The fraction of sp³-hybridized carbons (Fsp3) is 0.167. The number of aromatic nitrogens is 4. The van der Waals surface area contributed by atoms with Gasteiger partial charge in [0.1, 0.15) is 0 Å². The van der Waals surface area contributed by atoms with Crippen molar-refractivity contribution >= 4 is 28.7 Å². The summed E-state index contributed by atoms with van der Waals surface area (Å²) < 4.78 is 42.3. The average Bonchev–Trinajstić information content (AvgIpc) is 3.30. The van der Waals surface area contributed by atoms with Gasteiger partial charge in [0, 0.05) is 23.0 Å². The van der Waals surface area contributed by atoms with Crippen molar-refractivity contribution in [3.05, 3.63) is 74.5 Å². The highest BCUT2D eigenvalue weighted by atomic mass is 32.2. The standard InChI is InChI=1S/C18H13F3N4OS2/c1-11-13(18(19,20)21)5-2-6-14(11)24-7-8-25-15(16(24)26)22-23-17(25)28-10-12-4-3-9-27-12/h2-9H,10H2,1H3. The summed E-state index contributed by atoms with van der Waals surface area (Å²) in [7, 11) is 0. The molecule has 0 unspecified atom stereocenters. The Bertz CT molecular complexity index is 1200. The van der Waals surface area contributed by atoms with Crippen LogP contribution < -0.4 is 5.56 Å². The van der Waals surface area contributed by atoms with Gasteiger partial charge < -0.3 is 0 Å². The molecule has 144 valence electrons. The van der Waals surface area contributed by atoms with E-state index in [4.69, 9.17) is 0 Å². The second-order valence-corrected chi connectivity index (χ2v) is 7.94. The first-order valence-corrected chi connectivity index (χ1v) is 10.0. The van der Waals surface area contributed by atoms with Crippen molar-refractivity contribution in [3.8, 4) is 5.69 Å². The Morgan fingerprint density at radius 3 is 2.68 bits per heavy atom. The van der Waals surface area contributed by atoms with E-state index in [1.165, 1.54) is 41.6 Å². The number of alkyl halides is 3. The van der Waals surface area contributed by atoms with Crippen molar-refractivity contribution in [2.75, 3.05) is 0 Å². The number of rotatable bonds is 4. The van der Waals surface area contributed by atoms with Crippen LogP contribution in [0.5, 0.6) is 0 Å². The Hall–Kier alpha value is -2.59. The molecule has 4 rings (SSSR count). The molecule has 3 aromatic heterocycles. The van der Waals surface area contributed by atoms with Gasteiger partial charge in [0.15, 0.2) is 5.16 Å². The van der Waals surface area contributed by atoms with Crippen molar-refractivity contribution in [3.63, 3.8) is 0 Å². The Morgan fingerprint density at radius 2 is 1.96 bits per heavy atom. The smallest absolute Gasteiger partial charge is 0.279 e. The van der Waals surface area contributed by atoms with Crippen molar-refractivity contribution in [2.45, 2.75) is 24.0 Å². The molecule has 10 heteroatoms. The molecule has 28 heavy (non-hydrogen) atoms. The highest BCUT2D eigenvalue weighted by Gasteiger charge is 2.33. The van der Waals surface area contributed by atoms with E-state index in [1.54, 1.807) is 21.9 Å². The van der Waals surface area contributed by atoms with Crippen LogP contribution in [0.3, 0.4) is 0 Å². The Morgan fingerprint density at radius 1 is 1.14 bits per heavy atom. The number of hydrogen-bond donors (Lipinski definition) is 0. The largest absolute Gasteiger partial charge is 0.416 e. The monoisotopic (exact) mass is 422 g/mol. The van der Waals surface area contributed by atoms with E-state index in [-0.39, 0.29) is 16.9 Å². The maximum Gasteiger partial charge on any atom is 0.416 e. The van der Waals surface area contributed by atoms with E-state index in [0.29, 0.717) is 10.9 Å². The van der Waals surface area contributed by atoms with E-state index in [1.807, 2.05) is 17.5 Å². The summed E-state index contributed by atoms with van der Waals surface area (Å²) in [6.45, 7) is 1.35. The third-order valence-electron chi connectivity index (χ3n) is 4.23. The Balaban J connectivity index is 1.75. The van der Waals surface area contributed by atoms with Crippen molar-refractivity contribution in [1.29, 1.82) is 0 Å². The summed E-state index contributed by atoms with van der Waals surface area (Å²) in [5, 5.41) is 10.5. The minimum Gasteiger partial charge on any atom is -0.279 e. The molecule has 0 fully saturated rings. The van der Waals surface area contributed by atoms with Crippen LogP contribution in [0.15, 0.2) is 58.1 Å². The first-order chi connectivity index (χ1) is 13.4. The summed E-state index contributed by atoms with van der Waals surface area (Å²) in [6, 6.07) is 7.72. The molecule has 4 aromatic rings. The predicted octanol–water partition coefficient (Wildman–Crippen LogP) is 4.56. The molecule has 0 aliphatic rings. The molecule has 0 aliphatic heterocycles. The summed E-state index contributed by atoms with van der Waals surface area (Å²) in [6.07, 6.45) is -1.46. The lowest BCUT2D eigenvalue weighted by molar-refractivity contribution is -0.138. The quantitative estimate of drug-likeness (QED) is 0.453. The van der Waals surface area contributed by atoms with Crippen LogP contribution in [0.2, 0.25) is 0 Å². The van der Waals surface area contributed by atoms with E-state index in [2.05, 4.69) is 10.2 Å². The highest BCUT2D eigenvalue weighted by molar-refractivity contribution is 7.98. The van der Waals surface area contributed by atoms with Gasteiger partial charge in [-0.25, -0.2) is 0 Å². The van der Waals surface area contributed by atoms with Crippen LogP contribution in [0.25, 0.3) is 11.3 Å². The normalized spacial score (nSPS) is 12.0. The fourth-order valence-electron chi connectivity index (χ4n) is 2.88. The van der Waals surface area contributed by atoms with Crippen LogP contribution in [0.4, 0.5) is 13.2 Å². The van der Waals surface area contributed by atoms with Gasteiger partial charge in [-0.3, -0.25) is 13.8 Å². The second kappa shape index (κ2) is 7.10. The Kier molecular flexibility index (Phi) is 4.76. The molecule has 0 saturated heterocycles. The first-order valence-electron chi connectivity index (χ1n) is 8.15. The fourth-order valence-corrected chi connectivity index (χ4v) is 4.57. The molecule has 0 bridgehead atoms. The molecule has 0 saturated carbocycles. The van der Waals surface area contributed by atoms with Gasteiger partial charge >= 0.3 is 11.7 Å². The molecule has 5 nitrogen and oxygen atoms in total. The predicted molar refractivity (Wildman–Crippen MR) is 102 cm³/mol. The van der Waals surface area contributed by atoms with Crippen molar-refractivity contribution in [1.82, 2.24) is 19.2 Å². The number of benzene rings is 1. The van der Waals surface area contributed by atoms with Gasteiger partial charge in [0.2, 0.25) is 5.65 Å². The molecule has 0 aliphatic carbocycles. The third-order valence-corrected chi connectivity index (χ3v) is 6.28. The highest BCUT2D eigenvalue weighted by Crippen LogP contribution is 2.33.